The van der Waals surface area contributed by atoms with Crippen LogP contribution < -0.4 is 10.9 Å². The number of thiocarbonyl (C=S) groups is 1. The Balaban J connectivity index is 1.77. The maximum Gasteiger partial charge on any atom is 0.356 e. The molecule has 0 bridgehead atoms. The van der Waals surface area contributed by atoms with Gasteiger partial charge in [0, 0.05) is 6.42 Å². The lowest BCUT2D eigenvalue weighted by Crippen LogP contribution is -2.53. The molecule has 0 aromatic heterocycles. The lowest BCUT2D eigenvalue weighted by molar-refractivity contribution is 0.243. The van der Waals surface area contributed by atoms with E-state index in [9.17, 15) is 14.3 Å². The Kier molecular flexibility index (Phi) is 4.84. The first-order valence-corrected chi connectivity index (χ1v) is 8.98. The standard InChI is InChI=1S/C19H16FN5O2S/c20-13-5-1-11(2-6-13)15-9-16(12-3-7-14(26)8-4-12)25(19(28)22-15)17-10-21-24-18(27)23-17/h1-8,16,21,26H,9-10H2,(H,24,27). The molecule has 142 valence electrons. The highest BCUT2D eigenvalue weighted by Crippen LogP contribution is 2.32. The SMILES string of the molecule is O=C1N=C(N2C(=S)N=C(c3ccc(F)cc3)CC2c2ccc(O)cc2)CNN1. The molecule has 2 aliphatic heterocycles. The quantitative estimate of drug-likeness (QED) is 0.678. The summed E-state index contributed by atoms with van der Waals surface area (Å²) in [6.45, 7) is 0.294. The number of phenols is 1. The molecule has 0 spiro atoms. The van der Waals surface area contributed by atoms with Crippen LogP contribution in [0.4, 0.5) is 9.18 Å². The van der Waals surface area contributed by atoms with Crippen LogP contribution in [0.25, 0.3) is 0 Å². The fourth-order valence-electron chi connectivity index (χ4n) is 3.22. The number of hydrogen-bond donors (Lipinski definition) is 3. The lowest BCUT2D eigenvalue weighted by atomic mass is 9.94. The average Bonchev–Trinajstić information content (AvgIpc) is 2.68. The van der Waals surface area contributed by atoms with E-state index >= 15 is 0 Å². The minimum Gasteiger partial charge on any atom is -0.508 e. The predicted octanol–water partition coefficient (Wildman–Crippen LogP) is 2.68. The van der Waals surface area contributed by atoms with E-state index in [4.69, 9.17) is 12.2 Å². The molecule has 1 atom stereocenters. The summed E-state index contributed by atoms with van der Waals surface area (Å²) in [6, 6.07) is 12.0. The molecule has 0 aliphatic carbocycles. The molecular weight excluding hydrogens is 381 g/mol. The number of nitrogens with one attached hydrogen (secondary N) is 2. The molecule has 0 saturated carbocycles. The maximum atomic E-state index is 13.3. The minimum absolute atomic E-state index is 0.150. The molecule has 7 nitrogen and oxygen atoms in total. The van der Waals surface area contributed by atoms with E-state index in [1.165, 1.54) is 12.1 Å². The van der Waals surface area contributed by atoms with Gasteiger partial charge in [0.05, 0.1) is 18.3 Å². The Hall–Kier alpha value is -3.17. The molecule has 0 radical (unpaired) electrons. The molecule has 2 aliphatic rings. The van der Waals surface area contributed by atoms with Crippen molar-refractivity contribution in [1.82, 2.24) is 15.8 Å². The Labute approximate surface area is 165 Å². The summed E-state index contributed by atoms with van der Waals surface area (Å²) >= 11 is 5.53. The van der Waals surface area contributed by atoms with Crippen LogP contribution in [0.1, 0.15) is 23.6 Å². The van der Waals surface area contributed by atoms with Crippen molar-refractivity contribution in [3.63, 3.8) is 0 Å². The van der Waals surface area contributed by atoms with Crippen LogP contribution in [0.3, 0.4) is 0 Å². The summed E-state index contributed by atoms with van der Waals surface area (Å²) in [7, 11) is 0. The molecule has 2 aromatic carbocycles. The molecular formula is C19H16FN5O2S. The smallest absolute Gasteiger partial charge is 0.356 e. The van der Waals surface area contributed by atoms with Gasteiger partial charge in [-0.3, -0.25) is 10.3 Å². The van der Waals surface area contributed by atoms with Crippen molar-refractivity contribution >= 4 is 34.9 Å². The summed E-state index contributed by atoms with van der Waals surface area (Å²) in [5.74, 6) is 0.277. The number of urea groups is 1. The van der Waals surface area contributed by atoms with E-state index in [0.29, 0.717) is 24.5 Å². The zero-order chi connectivity index (χ0) is 19.7. The first kappa shape index (κ1) is 18.2. The highest BCUT2D eigenvalue weighted by atomic mass is 32.1. The van der Waals surface area contributed by atoms with Gasteiger partial charge in [-0.05, 0) is 47.6 Å². The second kappa shape index (κ2) is 7.45. The molecule has 0 saturated heterocycles. The molecule has 1 unspecified atom stereocenters. The Bertz CT molecular complexity index is 988. The second-order valence-electron chi connectivity index (χ2n) is 6.34. The van der Waals surface area contributed by atoms with E-state index in [0.717, 1.165) is 11.1 Å². The van der Waals surface area contributed by atoms with Gasteiger partial charge >= 0.3 is 6.03 Å². The fourth-order valence-corrected chi connectivity index (χ4v) is 3.57. The minimum atomic E-state index is -0.512. The molecule has 0 fully saturated rings. The zero-order valence-electron chi connectivity index (χ0n) is 14.6. The number of nitrogens with zero attached hydrogens (tertiary/aromatic N) is 3. The van der Waals surface area contributed by atoms with Gasteiger partial charge in [-0.2, -0.15) is 4.99 Å². The first-order chi connectivity index (χ1) is 13.5. The number of benzene rings is 2. The molecule has 2 aromatic rings. The van der Waals surface area contributed by atoms with Gasteiger partial charge in [0.2, 0.25) is 5.11 Å². The summed E-state index contributed by atoms with van der Waals surface area (Å²) in [5.41, 5.74) is 7.55. The number of carbonyl (C=O) groups is 1. The summed E-state index contributed by atoms with van der Waals surface area (Å²) in [5, 5.41) is 9.89. The van der Waals surface area contributed by atoms with E-state index in [2.05, 4.69) is 20.8 Å². The van der Waals surface area contributed by atoms with Gasteiger partial charge in [0.1, 0.15) is 17.4 Å². The molecule has 3 N–H and O–H groups in total. The van der Waals surface area contributed by atoms with E-state index in [1.807, 2.05) is 0 Å². The molecule has 4 rings (SSSR count). The number of hydrazine groups is 1. The van der Waals surface area contributed by atoms with Gasteiger partial charge < -0.3 is 5.11 Å². The topological polar surface area (TPSA) is 89.3 Å². The molecule has 2 amide bonds. The van der Waals surface area contributed by atoms with Crippen LogP contribution in [-0.4, -0.2) is 39.2 Å². The van der Waals surface area contributed by atoms with Crippen LogP contribution in [0, 0.1) is 5.82 Å². The number of aromatic hydroxyl groups is 1. The van der Waals surface area contributed by atoms with Gasteiger partial charge in [0.25, 0.3) is 0 Å². The molecule has 2 heterocycles. The number of aliphatic imine (C=N–C) groups is 2. The maximum absolute atomic E-state index is 13.3. The highest BCUT2D eigenvalue weighted by Gasteiger charge is 2.34. The van der Waals surface area contributed by atoms with Crippen LogP contribution in [0.15, 0.2) is 58.5 Å². The van der Waals surface area contributed by atoms with Crippen molar-refractivity contribution in [2.45, 2.75) is 12.5 Å². The predicted molar refractivity (Wildman–Crippen MR) is 107 cm³/mol. The lowest BCUT2D eigenvalue weighted by Gasteiger charge is -2.37. The third kappa shape index (κ3) is 3.62. The number of carbonyl (C=O) groups excluding carboxylic acids is 1. The largest absolute Gasteiger partial charge is 0.508 e. The van der Waals surface area contributed by atoms with Gasteiger partial charge in [-0.15, -0.1) is 0 Å². The monoisotopic (exact) mass is 397 g/mol. The van der Waals surface area contributed by atoms with E-state index < -0.39 is 6.03 Å². The Morgan fingerprint density at radius 2 is 1.82 bits per heavy atom. The first-order valence-electron chi connectivity index (χ1n) is 8.57. The number of phenolic OH excluding ortho intramolecular Hbond substituents is 1. The van der Waals surface area contributed by atoms with Crippen molar-refractivity contribution in [3.8, 4) is 5.75 Å². The fraction of sp³-hybridized carbons (Fsp3) is 0.158. The van der Waals surface area contributed by atoms with Crippen molar-refractivity contribution in [2.24, 2.45) is 9.98 Å². The highest BCUT2D eigenvalue weighted by molar-refractivity contribution is 7.80. The van der Waals surface area contributed by atoms with E-state index in [-0.39, 0.29) is 22.7 Å². The number of amides is 2. The number of rotatable bonds is 2. The van der Waals surface area contributed by atoms with Crippen LogP contribution in [-0.2, 0) is 0 Å². The zero-order valence-corrected chi connectivity index (χ0v) is 15.4. The number of halogens is 1. The normalized spacial score (nSPS) is 19.8. The average molecular weight is 397 g/mol. The molecule has 9 heteroatoms. The van der Waals surface area contributed by atoms with Gasteiger partial charge in [0.15, 0.2) is 0 Å². The third-order valence-electron chi connectivity index (χ3n) is 4.54. The van der Waals surface area contributed by atoms with Gasteiger partial charge in [-0.1, -0.05) is 24.3 Å². The summed E-state index contributed by atoms with van der Waals surface area (Å²) in [6.07, 6.45) is 0.469. The molecule has 28 heavy (non-hydrogen) atoms. The van der Waals surface area contributed by atoms with E-state index in [1.54, 1.807) is 41.3 Å². The van der Waals surface area contributed by atoms with Crippen LogP contribution >= 0.6 is 12.2 Å². The van der Waals surface area contributed by atoms with Crippen molar-refractivity contribution < 1.29 is 14.3 Å². The number of amidine groups is 1. The van der Waals surface area contributed by atoms with Crippen molar-refractivity contribution in [1.29, 1.82) is 0 Å². The van der Waals surface area contributed by atoms with Crippen LogP contribution in [0.2, 0.25) is 0 Å². The van der Waals surface area contributed by atoms with Gasteiger partial charge in [-0.25, -0.2) is 19.6 Å². The van der Waals surface area contributed by atoms with Crippen molar-refractivity contribution in [3.05, 3.63) is 65.5 Å². The Morgan fingerprint density at radius 1 is 1.11 bits per heavy atom. The third-order valence-corrected chi connectivity index (χ3v) is 4.83. The summed E-state index contributed by atoms with van der Waals surface area (Å²) in [4.78, 5) is 22.0. The second-order valence-corrected chi connectivity index (χ2v) is 6.71. The summed E-state index contributed by atoms with van der Waals surface area (Å²) < 4.78 is 13.3. The number of hydrogen-bond acceptors (Lipinski definition) is 4. The van der Waals surface area contributed by atoms with Crippen molar-refractivity contribution in [2.75, 3.05) is 6.54 Å². The Morgan fingerprint density at radius 3 is 2.50 bits per heavy atom. The van der Waals surface area contributed by atoms with Crippen LogP contribution in [0.5, 0.6) is 5.75 Å².